The van der Waals surface area contributed by atoms with Gasteiger partial charge in [0.05, 0.1) is 10.9 Å². The number of ketones is 1. The maximum Gasteiger partial charge on any atom is 0.279 e. The molecule has 3 N–H and O–H groups in total. The maximum absolute atomic E-state index is 15.7. The van der Waals surface area contributed by atoms with Crippen molar-refractivity contribution in [2.75, 3.05) is 20.3 Å². The van der Waals surface area contributed by atoms with E-state index in [-0.39, 0.29) is 12.1 Å². The number of pyridine rings is 1. The number of carbonyl (C=O) groups excluding carboxylic acids is 1. The zero-order valence-corrected chi connectivity index (χ0v) is 17.1. The second kappa shape index (κ2) is 8.72. The molecular formula is C18H20ClFN4O4S. The number of allylic oxidation sites excluding steroid dienone is 2. The van der Waals surface area contributed by atoms with Crippen molar-refractivity contribution in [3.8, 4) is 0 Å². The zero-order valence-electron chi connectivity index (χ0n) is 15.5. The highest BCUT2D eigenvalue weighted by Gasteiger charge is 2.45. The molecule has 29 heavy (non-hydrogen) atoms. The van der Waals surface area contributed by atoms with Gasteiger partial charge in [0.1, 0.15) is 5.65 Å². The highest BCUT2D eigenvalue weighted by molar-refractivity contribution is 7.87. The number of nitrogens with zero attached hydrogens (tertiary/aromatic N) is 1. The molecule has 2 aromatic rings. The van der Waals surface area contributed by atoms with Gasteiger partial charge in [-0.05, 0) is 18.6 Å². The van der Waals surface area contributed by atoms with Gasteiger partial charge < -0.3 is 9.72 Å². The zero-order chi connectivity index (χ0) is 21.1. The van der Waals surface area contributed by atoms with Crippen LogP contribution in [0.5, 0.6) is 0 Å². The minimum Gasteiger partial charge on any atom is -0.385 e. The molecule has 0 saturated carbocycles. The summed E-state index contributed by atoms with van der Waals surface area (Å²) in [6.45, 7) is 0.411. The van der Waals surface area contributed by atoms with Crippen molar-refractivity contribution in [2.24, 2.45) is 5.92 Å². The number of hydrogen-bond acceptors (Lipinski definition) is 5. The minimum atomic E-state index is -4.21. The van der Waals surface area contributed by atoms with E-state index in [0.717, 1.165) is 6.08 Å². The van der Waals surface area contributed by atoms with Crippen molar-refractivity contribution >= 4 is 38.6 Å². The molecule has 156 valence electrons. The van der Waals surface area contributed by atoms with Crippen LogP contribution in [0, 0.1) is 5.92 Å². The van der Waals surface area contributed by atoms with Gasteiger partial charge in [-0.3, -0.25) is 4.79 Å². The van der Waals surface area contributed by atoms with Crippen LogP contribution in [0.2, 0.25) is 5.02 Å². The summed E-state index contributed by atoms with van der Waals surface area (Å²) in [5.41, 5.74) is 0.576. The molecule has 0 aliphatic heterocycles. The fourth-order valence-corrected chi connectivity index (χ4v) is 4.25. The first kappa shape index (κ1) is 21.6. The van der Waals surface area contributed by atoms with E-state index < -0.39 is 27.7 Å². The third kappa shape index (κ3) is 4.90. The average Bonchev–Trinajstić information content (AvgIpc) is 3.07. The summed E-state index contributed by atoms with van der Waals surface area (Å²) in [5.74, 6) is -4.68. The summed E-state index contributed by atoms with van der Waals surface area (Å²) in [4.78, 5) is 20.0. The van der Waals surface area contributed by atoms with Crippen molar-refractivity contribution in [3.05, 3.63) is 53.4 Å². The average molecular weight is 443 g/mol. The van der Waals surface area contributed by atoms with Crippen molar-refractivity contribution < 1.29 is 22.3 Å². The second-order valence-corrected chi connectivity index (χ2v) is 8.39. The lowest BCUT2D eigenvalue weighted by Crippen LogP contribution is -2.54. The van der Waals surface area contributed by atoms with Crippen molar-refractivity contribution in [3.63, 3.8) is 0 Å². The van der Waals surface area contributed by atoms with Gasteiger partial charge in [0, 0.05) is 43.6 Å². The van der Waals surface area contributed by atoms with Crippen LogP contribution >= 0.6 is 11.6 Å². The van der Waals surface area contributed by atoms with E-state index in [1.807, 2.05) is 4.72 Å². The Kier molecular flexibility index (Phi) is 6.49. The molecule has 0 aromatic carbocycles. The van der Waals surface area contributed by atoms with Crippen LogP contribution < -0.4 is 9.44 Å². The number of nitrogens with one attached hydrogen (secondary N) is 3. The Morgan fingerprint density at radius 1 is 1.45 bits per heavy atom. The first-order valence-electron chi connectivity index (χ1n) is 8.75. The molecule has 0 amide bonds. The van der Waals surface area contributed by atoms with Gasteiger partial charge in [0.25, 0.3) is 10.2 Å². The van der Waals surface area contributed by atoms with Gasteiger partial charge in [-0.15, -0.1) is 0 Å². The van der Waals surface area contributed by atoms with Gasteiger partial charge >= 0.3 is 0 Å². The number of rotatable bonds is 9. The van der Waals surface area contributed by atoms with E-state index in [9.17, 15) is 13.2 Å². The molecule has 2 aromatic heterocycles. The van der Waals surface area contributed by atoms with Crippen LogP contribution in [-0.4, -0.2) is 50.2 Å². The SMILES string of the molecule is COCCCNS(=O)(=O)NC1(F)C=CC=CC1C(=O)c1c[nH]c2ncc(Cl)cc12. The first-order valence-corrected chi connectivity index (χ1v) is 10.6. The fourth-order valence-electron chi connectivity index (χ4n) is 3.00. The molecule has 0 saturated heterocycles. The lowest BCUT2D eigenvalue weighted by atomic mass is 9.86. The molecular weight excluding hydrogens is 423 g/mol. The predicted molar refractivity (Wildman–Crippen MR) is 108 cm³/mol. The quantitative estimate of drug-likeness (QED) is 0.313. The number of alkyl halides is 1. The maximum atomic E-state index is 15.7. The monoisotopic (exact) mass is 442 g/mol. The summed E-state index contributed by atoms with van der Waals surface area (Å²) in [5, 5.41) is 0.742. The van der Waals surface area contributed by atoms with Gasteiger partial charge in [-0.1, -0.05) is 29.8 Å². The summed E-state index contributed by atoms with van der Waals surface area (Å²) >= 11 is 5.96. The second-order valence-electron chi connectivity index (χ2n) is 6.45. The summed E-state index contributed by atoms with van der Waals surface area (Å²) in [6.07, 6.45) is 8.38. The van der Waals surface area contributed by atoms with E-state index >= 15 is 4.39 Å². The molecule has 0 spiro atoms. The van der Waals surface area contributed by atoms with E-state index in [1.165, 1.54) is 43.8 Å². The molecule has 0 bridgehead atoms. The smallest absolute Gasteiger partial charge is 0.279 e. The number of Topliss-reactive ketones (excluding diaryl/α,β-unsaturated/α-hetero) is 1. The molecule has 2 unspecified atom stereocenters. The summed E-state index contributed by atoms with van der Waals surface area (Å²) in [7, 11) is -2.72. The van der Waals surface area contributed by atoms with E-state index in [2.05, 4.69) is 14.7 Å². The van der Waals surface area contributed by atoms with Gasteiger partial charge in [0.2, 0.25) is 5.79 Å². The van der Waals surface area contributed by atoms with Crippen molar-refractivity contribution in [1.82, 2.24) is 19.4 Å². The Labute approximate surface area is 172 Å². The third-order valence-electron chi connectivity index (χ3n) is 4.36. The Morgan fingerprint density at radius 2 is 2.24 bits per heavy atom. The van der Waals surface area contributed by atoms with Crippen LogP contribution in [0.4, 0.5) is 4.39 Å². The highest BCUT2D eigenvalue weighted by Crippen LogP contribution is 2.32. The number of carbonyl (C=O) groups is 1. The molecule has 1 aliphatic rings. The number of ether oxygens (including phenoxy) is 1. The third-order valence-corrected chi connectivity index (χ3v) is 5.73. The Hall–Kier alpha value is -2.11. The topological polar surface area (TPSA) is 113 Å². The highest BCUT2D eigenvalue weighted by atomic mass is 35.5. The number of aromatic nitrogens is 2. The Balaban J connectivity index is 1.85. The molecule has 8 nitrogen and oxygen atoms in total. The number of aromatic amines is 1. The largest absolute Gasteiger partial charge is 0.385 e. The van der Waals surface area contributed by atoms with Crippen LogP contribution in [0.3, 0.4) is 0 Å². The number of halogens is 2. The normalized spacial score (nSPS) is 21.7. The van der Waals surface area contributed by atoms with E-state index in [4.69, 9.17) is 16.3 Å². The molecule has 1 aliphatic carbocycles. The Bertz CT molecular complexity index is 1070. The number of fused-ring (bicyclic) bond motifs is 1. The van der Waals surface area contributed by atoms with Gasteiger partial charge in [-0.2, -0.15) is 13.1 Å². The number of hydrogen-bond donors (Lipinski definition) is 3. The number of methoxy groups -OCH3 is 1. The lowest BCUT2D eigenvalue weighted by molar-refractivity contribution is 0.0777. The fraction of sp³-hybridized carbons (Fsp3) is 0.333. The molecule has 11 heteroatoms. The lowest BCUT2D eigenvalue weighted by Gasteiger charge is -2.30. The Morgan fingerprint density at radius 3 is 3.00 bits per heavy atom. The standard InChI is InChI=1S/C18H20ClFN4O4S/c1-28-8-4-7-23-29(26,27)24-18(20)6-3-2-5-15(18)16(25)14-11-22-17-13(14)9-12(19)10-21-17/h2-3,5-6,9-11,15,23-24H,4,7-8H2,1H3,(H,21,22). The van der Waals surface area contributed by atoms with E-state index in [0.29, 0.717) is 29.1 Å². The van der Waals surface area contributed by atoms with Crippen LogP contribution in [0.15, 0.2) is 42.8 Å². The summed E-state index contributed by atoms with van der Waals surface area (Å²) in [6, 6.07) is 1.54. The van der Waals surface area contributed by atoms with Gasteiger partial charge in [0.15, 0.2) is 5.78 Å². The minimum absolute atomic E-state index is 0.0596. The van der Waals surface area contributed by atoms with Crippen molar-refractivity contribution in [2.45, 2.75) is 12.2 Å². The number of H-pyrrole nitrogens is 1. The van der Waals surface area contributed by atoms with Crippen LogP contribution in [0.1, 0.15) is 16.8 Å². The molecule has 0 fully saturated rings. The molecule has 2 atom stereocenters. The van der Waals surface area contributed by atoms with Crippen molar-refractivity contribution in [1.29, 1.82) is 0 Å². The van der Waals surface area contributed by atoms with Gasteiger partial charge in [-0.25, -0.2) is 14.1 Å². The molecule has 0 radical (unpaired) electrons. The summed E-state index contributed by atoms with van der Waals surface area (Å²) < 4.78 is 49.2. The first-order chi connectivity index (χ1) is 13.8. The predicted octanol–water partition coefficient (Wildman–Crippen LogP) is 2.27. The van der Waals surface area contributed by atoms with Crippen LogP contribution in [-0.2, 0) is 14.9 Å². The van der Waals surface area contributed by atoms with E-state index in [1.54, 1.807) is 0 Å². The van der Waals surface area contributed by atoms with Crippen LogP contribution in [0.25, 0.3) is 11.0 Å². The molecule has 2 heterocycles. The molecule has 3 rings (SSSR count).